The van der Waals surface area contributed by atoms with Gasteiger partial charge in [-0.2, -0.15) is 4.90 Å². The summed E-state index contributed by atoms with van der Waals surface area (Å²) in [6, 6.07) is 7.65. The van der Waals surface area contributed by atoms with E-state index in [1.165, 1.54) is 17.7 Å². The Morgan fingerprint density at radius 1 is 0.942 bits per heavy atom. The number of amides is 3. The number of nitrogens with zero attached hydrogens (tertiary/aromatic N) is 6. The molecule has 0 radical (unpaired) electrons. The van der Waals surface area contributed by atoms with Crippen molar-refractivity contribution in [3.8, 4) is 0 Å². The Kier molecular flexibility index (Phi) is 11.7. The Labute approximate surface area is 308 Å². The van der Waals surface area contributed by atoms with Gasteiger partial charge in [0, 0.05) is 38.8 Å². The van der Waals surface area contributed by atoms with Crippen LogP contribution < -0.4 is 9.80 Å². The highest BCUT2D eigenvalue weighted by atomic mass is 16.6. The van der Waals surface area contributed by atoms with Crippen molar-refractivity contribution in [3.05, 3.63) is 47.3 Å². The fraction of sp³-hybridized carbons (Fsp3) is 0.641. The zero-order valence-electron chi connectivity index (χ0n) is 32.5. The highest BCUT2D eigenvalue weighted by molar-refractivity contribution is 6.09. The molecule has 3 amide bonds. The minimum Gasteiger partial charge on any atom is -0.467 e. The molecule has 0 spiro atoms. The zero-order chi connectivity index (χ0) is 38.0. The van der Waals surface area contributed by atoms with E-state index in [2.05, 4.69) is 11.8 Å². The van der Waals surface area contributed by atoms with Crippen LogP contribution in [0.15, 0.2) is 35.5 Å². The van der Waals surface area contributed by atoms with E-state index < -0.39 is 41.7 Å². The number of hydrogen-bond acceptors (Lipinski definition) is 11. The maximum atomic E-state index is 13.7. The van der Waals surface area contributed by atoms with Gasteiger partial charge < -0.3 is 28.7 Å². The highest BCUT2D eigenvalue weighted by Crippen LogP contribution is 2.43. The Balaban J connectivity index is 1.47. The van der Waals surface area contributed by atoms with Crippen molar-refractivity contribution in [1.82, 2.24) is 14.9 Å². The van der Waals surface area contributed by atoms with Crippen molar-refractivity contribution < 1.29 is 33.3 Å². The van der Waals surface area contributed by atoms with Gasteiger partial charge in [0.05, 0.1) is 12.3 Å². The average Bonchev–Trinajstić information content (AvgIpc) is 3.52. The summed E-state index contributed by atoms with van der Waals surface area (Å²) < 4.78 is 23.4. The molecule has 0 bridgehead atoms. The predicted octanol–water partition coefficient (Wildman–Crippen LogP) is 7.91. The van der Waals surface area contributed by atoms with Crippen LogP contribution in [0.2, 0.25) is 0 Å². The van der Waals surface area contributed by atoms with Gasteiger partial charge in [0.25, 0.3) is 0 Å². The average molecular weight is 721 g/mol. The van der Waals surface area contributed by atoms with Gasteiger partial charge >= 0.3 is 18.3 Å². The predicted molar refractivity (Wildman–Crippen MR) is 199 cm³/mol. The summed E-state index contributed by atoms with van der Waals surface area (Å²) in [4.78, 5) is 59.1. The summed E-state index contributed by atoms with van der Waals surface area (Å²) in [5.74, 6) is 2.91. The van der Waals surface area contributed by atoms with Crippen molar-refractivity contribution in [2.45, 2.75) is 118 Å². The summed E-state index contributed by atoms with van der Waals surface area (Å²) in [5.41, 5.74) is 0.502. The number of fused-ring (bicyclic) bond motifs is 1. The third-order valence-electron chi connectivity index (χ3n) is 9.38. The van der Waals surface area contributed by atoms with E-state index in [1.807, 2.05) is 45.0 Å². The van der Waals surface area contributed by atoms with Gasteiger partial charge in [-0.15, -0.1) is 0 Å². The van der Waals surface area contributed by atoms with Crippen molar-refractivity contribution in [3.63, 3.8) is 0 Å². The first-order chi connectivity index (χ1) is 24.4. The van der Waals surface area contributed by atoms with Crippen LogP contribution in [0.25, 0.3) is 0 Å². The smallest absolute Gasteiger partial charge is 0.425 e. The number of rotatable bonds is 7. The molecular weight excluding hydrogens is 664 g/mol. The van der Waals surface area contributed by atoms with Gasteiger partial charge in [0.1, 0.15) is 28.8 Å². The van der Waals surface area contributed by atoms with Crippen LogP contribution in [0.1, 0.15) is 111 Å². The molecular formula is C39H56N6O7. The monoisotopic (exact) mass is 720 g/mol. The second-order valence-corrected chi connectivity index (χ2v) is 16.5. The summed E-state index contributed by atoms with van der Waals surface area (Å²) in [5, 5.41) is 0. The van der Waals surface area contributed by atoms with Crippen LogP contribution in [0.3, 0.4) is 0 Å². The molecule has 1 saturated carbocycles. The third kappa shape index (κ3) is 9.71. The van der Waals surface area contributed by atoms with Crippen molar-refractivity contribution >= 4 is 35.8 Å². The molecule has 2 fully saturated rings. The fourth-order valence-electron chi connectivity index (χ4n) is 6.93. The molecule has 4 atom stereocenters. The topological polar surface area (TPSA) is 136 Å². The van der Waals surface area contributed by atoms with Crippen molar-refractivity contribution in [2.24, 2.45) is 22.7 Å². The van der Waals surface area contributed by atoms with E-state index in [4.69, 9.17) is 33.9 Å². The molecule has 2 aliphatic heterocycles. The van der Waals surface area contributed by atoms with Crippen LogP contribution in [-0.2, 0) is 25.5 Å². The summed E-state index contributed by atoms with van der Waals surface area (Å²) in [7, 11) is 1.70. The molecule has 1 aromatic heterocycles. The number of carbonyl (C=O) groups is 3. The number of aromatic nitrogens is 2. The molecule has 4 unspecified atom stereocenters. The van der Waals surface area contributed by atoms with E-state index in [-0.39, 0.29) is 5.82 Å². The first-order valence-corrected chi connectivity index (χ1v) is 18.5. The van der Waals surface area contributed by atoms with Crippen LogP contribution in [0.4, 0.5) is 26.0 Å². The molecule has 5 rings (SSSR count). The van der Waals surface area contributed by atoms with Crippen LogP contribution >= 0.6 is 0 Å². The van der Waals surface area contributed by atoms with Gasteiger partial charge in [0.15, 0.2) is 5.82 Å². The Morgan fingerprint density at radius 2 is 1.62 bits per heavy atom. The van der Waals surface area contributed by atoms with E-state index in [9.17, 15) is 14.4 Å². The van der Waals surface area contributed by atoms with E-state index in [0.717, 1.165) is 29.1 Å². The molecule has 3 heterocycles. The zero-order valence-corrected chi connectivity index (χ0v) is 32.5. The molecule has 284 valence electrons. The minimum atomic E-state index is -0.916. The lowest BCUT2D eigenvalue weighted by Gasteiger charge is -2.29. The molecule has 1 aliphatic carbocycles. The van der Waals surface area contributed by atoms with E-state index >= 15 is 0 Å². The number of carbonyl (C=O) groups excluding carboxylic acids is 3. The molecule has 1 saturated heterocycles. The lowest BCUT2D eigenvalue weighted by Crippen LogP contribution is -2.43. The van der Waals surface area contributed by atoms with E-state index in [0.29, 0.717) is 61.1 Å². The molecule has 0 N–H and O–H groups in total. The second-order valence-electron chi connectivity index (χ2n) is 16.5. The third-order valence-corrected chi connectivity index (χ3v) is 9.38. The number of imide groups is 1. The maximum Gasteiger partial charge on any atom is 0.425 e. The minimum absolute atomic E-state index is 0.00295. The molecule has 1 aromatic carbocycles. The molecule has 3 aliphatic rings. The molecule has 2 aromatic rings. The van der Waals surface area contributed by atoms with Gasteiger partial charge in [-0.3, -0.25) is 4.99 Å². The van der Waals surface area contributed by atoms with Crippen LogP contribution in [0, 0.1) is 17.8 Å². The number of anilines is 2. The molecule has 13 nitrogen and oxygen atoms in total. The number of benzene rings is 1. The van der Waals surface area contributed by atoms with E-state index in [1.54, 1.807) is 47.9 Å². The summed E-state index contributed by atoms with van der Waals surface area (Å²) >= 11 is 0. The number of hydrogen-bond donors (Lipinski definition) is 0. The van der Waals surface area contributed by atoms with Gasteiger partial charge in [-0.25, -0.2) is 24.4 Å². The Bertz CT molecular complexity index is 1630. The largest absolute Gasteiger partial charge is 0.467 e. The molecule has 52 heavy (non-hydrogen) atoms. The highest BCUT2D eigenvalue weighted by Gasteiger charge is 2.42. The standard InChI is InChI=1S/C39H56N6O7/c1-24(2)49-36(47)45(37(48)52-39(7,8)9)33-32(42-31(20-41-33)44-22-28-16-13-25(3)29(28)23-44)30-12-11-19-40-34(50-30)27-17-14-26(15-18-27)21-43(10)35(46)51-38(4,5)6/h14-15,17-18,20,24-25,28-30H,11-13,16,19,21-23H2,1-10H3. The second kappa shape index (κ2) is 15.7. The van der Waals surface area contributed by atoms with Gasteiger partial charge in [-0.1, -0.05) is 25.5 Å². The van der Waals surface area contributed by atoms with Gasteiger partial charge in [-0.05, 0) is 110 Å². The lowest BCUT2D eigenvalue weighted by atomic mass is 9.94. The number of aliphatic imine (C=N–C) groups is 1. The molecule has 13 heteroatoms. The fourth-order valence-corrected chi connectivity index (χ4v) is 6.93. The van der Waals surface area contributed by atoms with Gasteiger partial charge in [0.2, 0.25) is 5.90 Å². The van der Waals surface area contributed by atoms with Crippen molar-refractivity contribution in [1.29, 1.82) is 0 Å². The van der Waals surface area contributed by atoms with Crippen LogP contribution in [0.5, 0.6) is 0 Å². The quantitative estimate of drug-likeness (QED) is 0.260. The first kappa shape index (κ1) is 38.8. The summed E-state index contributed by atoms with van der Waals surface area (Å²) in [6.45, 7) is 19.1. The summed E-state index contributed by atoms with van der Waals surface area (Å²) in [6.07, 6.45) is 1.82. The van der Waals surface area contributed by atoms with Crippen molar-refractivity contribution in [2.75, 3.05) is 36.5 Å². The number of ether oxygens (including phenoxy) is 4. The normalized spacial score (nSPS) is 21.8. The SMILES string of the molecule is CC(C)OC(=O)N(C(=O)OC(C)(C)C)c1ncc(N2CC3CCC(C)C3C2)nc1C1CCCN=C(c2ccc(CN(C)C(=O)OC(C)(C)C)cc2)O1. The lowest BCUT2D eigenvalue weighted by molar-refractivity contribution is 0.0284. The Hall–Kier alpha value is -4.42. The Morgan fingerprint density at radius 3 is 2.25 bits per heavy atom. The maximum absolute atomic E-state index is 13.7. The van der Waals surface area contributed by atoms with Crippen LogP contribution in [-0.4, -0.2) is 83.0 Å². The first-order valence-electron chi connectivity index (χ1n) is 18.5.